The highest BCUT2D eigenvalue weighted by atomic mass is 35.5. The fourth-order valence-corrected chi connectivity index (χ4v) is 3.46. The summed E-state index contributed by atoms with van der Waals surface area (Å²) in [5.41, 5.74) is 5.31. The van der Waals surface area contributed by atoms with Crippen LogP contribution in [0, 0.1) is 18.6 Å². The third kappa shape index (κ3) is 4.54. The van der Waals surface area contributed by atoms with Crippen molar-refractivity contribution in [2.45, 2.75) is 13.5 Å². The van der Waals surface area contributed by atoms with E-state index in [2.05, 4.69) is 4.98 Å². The van der Waals surface area contributed by atoms with Crippen LogP contribution in [0.25, 0.3) is 11.3 Å². The Morgan fingerprint density at radius 1 is 1.13 bits per heavy atom. The molecule has 3 rings (SSSR count). The molecule has 1 heterocycles. The molecule has 2 aromatic carbocycles. The zero-order valence-electron chi connectivity index (χ0n) is 16.2. The summed E-state index contributed by atoms with van der Waals surface area (Å²) in [5.74, 6) is -3.34. The van der Waals surface area contributed by atoms with Crippen molar-refractivity contribution in [3.63, 3.8) is 0 Å². The van der Waals surface area contributed by atoms with Gasteiger partial charge in [0.1, 0.15) is 12.3 Å². The van der Waals surface area contributed by atoms with Crippen molar-refractivity contribution in [3.8, 4) is 17.0 Å². The highest BCUT2D eigenvalue weighted by Crippen LogP contribution is 2.38. The van der Waals surface area contributed by atoms with Crippen LogP contribution in [0.1, 0.15) is 21.6 Å². The van der Waals surface area contributed by atoms with Gasteiger partial charge in [-0.2, -0.15) is 0 Å². The fourth-order valence-electron chi connectivity index (χ4n) is 2.81. The number of hydrogen-bond donors (Lipinski definition) is 1. The van der Waals surface area contributed by atoms with E-state index < -0.39 is 39.7 Å². The lowest BCUT2D eigenvalue weighted by Gasteiger charge is -2.14. The summed E-state index contributed by atoms with van der Waals surface area (Å²) in [7, 11) is 1.20. The molecule has 31 heavy (non-hydrogen) atoms. The van der Waals surface area contributed by atoms with Crippen LogP contribution in [-0.2, 0) is 11.3 Å². The van der Waals surface area contributed by atoms with Gasteiger partial charge < -0.3 is 15.2 Å². The molecule has 0 fully saturated rings. The largest absolute Gasteiger partial charge is 0.492 e. The molecule has 0 unspecified atom stereocenters. The maximum Gasteiger partial charge on any atom is 0.358 e. The molecule has 5 nitrogen and oxygen atoms in total. The Kier molecular flexibility index (Phi) is 6.89. The Morgan fingerprint density at radius 2 is 1.84 bits per heavy atom. The molecule has 0 atom stereocenters. The first-order valence-electron chi connectivity index (χ1n) is 8.74. The van der Waals surface area contributed by atoms with E-state index >= 15 is 0 Å². The number of anilines is 1. The SMILES string of the molecule is COc1c(Cl)ccc(-c2nc(C(=O)OCc3ccc(Cl)cc3C)c(Cl)c(N)c2F)c1F. The minimum Gasteiger partial charge on any atom is -0.492 e. The molecule has 0 spiro atoms. The number of methoxy groups -OCH3 is 1. The van der Waals surface area contributed by atoms with E-state index in [0.29, 0.717) is 10.6 Å². The summed E-state index contributed by atoms with van der Waals surface area (Å²) in [6.07, 6.45) is 0. The lowest BCUT2D eigenvalue weighted by atomic mass is 10.1. The minimum absolute atomic E-state index is 0.0240. The Labute approximate surface area is 191 Å². The van der Waals surface area contributed by atoms with Crippen molar-refractivity contribution in [2.75, 3.05) is 12.8 Å². The molecule has 2 N–H and O–H groups in total. The molecule has 10 heteroatoms. The van der Waals surface area contributed by atoms with Crippen LogP contribution in [0.5, 0.6) is 5.75 Å². The zero-order valence-corrected chi connectivity index (χ0v) is 18.5. The summed E-state index contributed by atoms with van der Waals surface area (Å²) < 4.78 is 39.7. The lowest BCUT2D eigenvalue weighted by Crippen LogP contribution is -2.13. The third-order valence-electron chi connectivity index (χ3n) is 4.48. The van der Waals surface area contributed by atoms with Crippen molar-refractivity contribution in [2.24, 2.45) is 0 Å². The van der Waals surface area contributed by atoms with Crippen molar-refractivity contribution in [1.82, 2.24) is 4.98 Å². The monoisotopic (exact) mass is 486 g/mol. The highest BCUT2D eigenvalue weighted by molar-refractivity contribution is 6.36. The number of nitrogens with two attached hydrogens (primary N) is 1. The highest BCUT2D eigenvalue weighted by Gasteiger charge is 2.26. The Balaban J connectivity index is 2.01. The van der Waals surface area contributed by atoms with Crippen LogP contribution in [0.3, 0.4) is 0 Å². The zero-order chi connectivity index (χ0) is 22.9. The second-order valence-corrected chi connectivity index (χ2v) is 7.66. The van der Waals surface area contributed by atoms with Crippen LogP contribution in [-0.4, -0.2) is 18.1 Å². The average molecular weight is 488 g/mol. The molecule has 1 aromatic heterocycles. The second kappa shape index (κ2) is 9.26. The molecular formula is C21H15Cl3F2N2O3. The van der Waals surface area contributed by atoms with Gasteiger partial charge in [-0.3, -0.25) is 0 Å². The van der Waals surface area contributed by atoms with Gasteiger partial charge in [0.2, 0.25) is 0 Å². The number of hydrogen-bond acceptors (Lipinski definition) is 5. The van der Waals surface area contributed by atoms with Crippen LogP contribution in [0.15, 0.2) is 30.3 Å². The molecule has 0 radical (unpaired) electrons. The third-order valence-corrected chi connectivity index (χ3v) is 5.39. The second-order valence-electron chi connectivity index (χ2n) is 6.44. The topological polar surface area (TPSA) is 74.4 Å². The molecule has 0 saturated carbocycles. The van der Waals surface area contributed by atoms with Crippen LogP contribution in [0.4, 0.5) is 14.5 Å². The molecule has 0 aliphatic carbocycles. The van der Waals surface area contributed by atoms with Crippen molar-refractivity contribution in [3.05, 3.63) is 73.9 Å². The van der Waals surface area contributed by atoms with Crippen molar-refractivity contribution in [1.29, 1.82) is 0 Å². The van der Waals surface area contributed by atoms with Gasteiger partial charge in [0.05, 0.1) is 22.8 Å². The van der Waals surface area contributed by atoms with Gasteiger partial charge in [-0.1, -0.05) is 40.9 Å². The molecule has 3 aromatic rings. The Morgan fingerprint density at radius 3 is 2.48 bits per heavy atom. The number of rotatable bonds is 5. The van der Waals surface area contributed by atoms with E-state index in [4.69, 9.17) is 50.0 Å². The Hall–Kier alpha value is -2.61. The van der Waals surface area contributed by atoms with Gasteiger partial charge in [0.15, 0.2) is 23.1 Å². The van der Waals surface area contributed by atoms with Crippen LogP contribution < -0.4 is 10.5 Å². The first kappa shape index (κ1) is 23.1. The summed E-state index contributed by atoms with van der Waals surface area (Å²) in [6.45, 7) is 1.68. The standard InChI is InChI=1S/C21H15Cl3F2N2O3/c1-9-7-11(22)4-3-10(9)8-31-21(29)19-14(24)17(27)16(26)18(28-19)12-5-6-13(23)20(30-2)15(12)25/h3-7H,8H2,1-2H3,(H2,27,28). The maximum absolute atomic E-state index is 14.8. The number of aryl methyl sites for hydroxylation is 1. The molecule has 162 valence electrons. The quantitative estimate of drug-likeness (QED) is 0.431. The summed E-state index contributed by atoms with van der Waals surface area (Å²) in [4.78, 5) is 16.5. The maximum atomic E-state index is 14.8. The van der Waals surface area contributed by atoms with E-state index in [1.54, 1.807) is 25.1 Å². The number of carbonyl (C=O) groups is 1. The molecule has 0 bridgehead atoms. The fraction of sp³-hybridized carbons (Fsp3) is 0.143. The molecule has 0 amide bonds. The number of benzene rings is 2. The van der Waals surface area contributed by atoms with E-state index in [9.17, 15) is 13.6 Å². The Bertz CT molecular complexity index is 1190. The van der Waals surface area contributed by atoms with E-state index in [1.165, 1.54) is 19.2 Å². The smallest absolute Gasteiger partial charge is 0.358 e. The number of halogens is 5. The van der Waals surface area contributed by atoms with Crippen LogP contribution >= 0.6 is 34.8 Å². The van der Waals surface area contributed by atoms with E-state index in [-0.39, 0.29) is 22.9 Å². The summed E-state index contributed by atoms with van der Waals surface area (Å²) >= 11 is 17.8. The number of aromatic nitrogens is 1. The molecule has 0 saturated heterocycles. The van der Waals surface area contributed by atoms with Gasteiger partial charge >= 0.3 is 5.97 Å². The molecular weight excluding hydrogens is 473 g/mol. The number of ether oxygens (including phenoxy) is 2. The summed E-state index contributed by atoms with van der Waals surface area (Å²) in [5, 5.41) is 0.0677. The average Bonchev–Trinajstić information content (AvgIpc) is 2.72. The number of nitrogen functional groups attached to an aromatic ring is 1. The van der Waals surface area contributed by atoms with Crippen molar-refractivity contribution < 1.29 is 23.0 Å². The van der Waals surface area contributed by atoms with Gasteiger partial charge in [0, 0.05) is 10.6 Å². The van der Waals surface area contributed by atoms with Gasteiger partial charge in [0.25, 0.3) is 0 Å². The number of nitrogens with zero attached hydrogens (tertiary/aromatic N) is 1. The van der Waals surface area contributed by atoms with Gasteiger partial charge in [-0.05, 0) is 42.3 Å². The molecule has 0 aliphatic heterocycles. The summed E-state index contributed by atoms with van der Waals surface area (Å²) in [6, 6.07) is 7.53. The normalized spacial score (nSPS) is 10.8. The lowest BCUT2D eigenvalue weighted by molar-refractivity contribution is 0.0465. The predicted molar refractivity (Wildman–Crippen MR) is 116 cm³/mol. The first-order valence-corrected chi connectivity index (χ1v) is 9.88. The van der Waals surface area contributed by atoms with Gasteiger partial charge in [-0.15, -0.1) is 0 Å². The first-order chi connectivity index (χ1) is 14.6. The number of pyridine rings is 1. The molecule has 0 aliphatic rings. The van der Waals surface area contributed by atoms with Gasteiger partial charge in [-0.25, -0.2) is 18.6 Å². The number of esters is 1. The van der Waals surface area contributed by atoms with Crippen LogP contribution in [0.2, 0.25) is 15.1 Å². The van der Waals surface area contributed by atoms with Crippen molar-refractivity contribution >= 4 is 46.5 Å². The van der Waals surface area contributed by atoms with E-state index in [0.717, 1.165) is 5.56 Å². The predicted octanol–water partition coefficient (Wildman–Crippen LogP) is 6.24. The van der Waals surface area contributed by atoms with E-state index in [1.807, 2.05) is 0 Å². The minimum atomic E-state index is -1.10. The number of carbonyl (C=O) groups excluding carboxylic acids is 1.